The third kappa shape index (κ3) is 3.23. The number of hydrogen-bond acceptors (Lipinski definition) is 2. The van der Waals surface area contributed by atoms with Gasteiger partial charge in [-0.25, -0.2) is 0 Å². The number of halogens is 2. The Kier molecular flexibility index (Phi) is 4.85. The van der Waals surface area contributed by atoms with E-state index < -0.39 is 0 Å². The molecule has 0 bridgehead atoms. The Bertz CT molecular complexity index is 804. The summed E-state index contributed by atoms with van der Waals surface area (Å²) < 4.78 is 1.01. The van der Waals surface area contributed by atoms with Gasteiger partial charge in [0.25, 0.3) is 0 Å². The Hall–Kier alpha value is -1.36. The molecule has 3 nitrogen and oxygen atoms in total. The van der Waals surface area contributed by atoms with Gasteiger partial charge in [-0.3, -0.25) is 9.69 Å². The van der Waals surface area contributed by atoms with Crippen LogP contribution in [0.5, 0.6) is 0 Å². The van der Waals surface area contributed by atoms with Gasteiger partial charge in [0.15, 0.2) is 0 Å². The maximum absolute atomic E-state index is 13.0. The minimum absolute atomic E-state index is 0.0620. The van der Waals surface area contributed by atoms with E-state index in [0.717, 1.165) is 52.2 Å². The van der Waals surface area contributed by atoms with E-state index in [1.807, 2.05) is 36.4 Å². The summed E-state index contributed by atoms with van der Waals surface area (Å²) in [4.78, 5) is 15.4. The van der Waals surface area contributed by atoms with Crippen molar-refractivity contribution in [1.29, 1.82) is 0 Å². The van der Waals surface area contributed by atoms with E-state index in [1.165, 1.54) is 6.42 Å². The molecule has 1 amide bonds. The molecule has 0 spiro atoms. The first-order chi connectivity index (χ1) is 12.1. The van der Waals surface area contributed by atoms with Crippen LogP contribution in [0.1, 0.15) is 36.3 Å². The fraction of sp³-hybridized carbons (Fsp3) is 0.350. The van der Waals surface area contributed by atoms with Gasteiger partial charge < -0.3 is 5.32 Å². The van der Waals surface area contributed by atoms with Gasteiger partial charge in [0.05, 0.1) is 0 Å². The fourth-order valence-electron chi connectivity index (χ4n) is 4.07. The van der Waals surface area contributed by atoms with Gasteiger partial charge in [-0.15, -0.1) is 0 Å². The molecular formula is C20H20BrClN2O. The molecule has 1 fully saturated rings. The zero-order valence-corrected chi connectivity index (χ0v) is 16.2. The number of nitrogens with one attached hydrogen (secondary N) is 1. The number of amides is 1. The van der Waals surface area contributed by atoms with Crippen molar-refractivity contribution in [3.63, 3.8) is 0 Å². The SMILES string of the molecule is O=C1Nc2ccc(Br)cc2[C@H](c2ccccc2Cl)[C@@H]1N1CCCCC1. The van der Waals surface area contributed by atoms with E-state index in [0.29, 0.717) is 0 Å². The van der Waals surface area contributed by atoms with Gasteiger partial charge in [-0.1, -0.05) is 52.2 Å². The summed E-state index contributed by atoms with van der Waals surface area (Å²) in [5.41, 5.74) is 3.03. The minimum atomic E-state index is -0.220. The number of nitrogens with zero attached hydrogens (tertiary/aromatic N) is 1. The van der Waals surface area contributed by atoms with Crippen LogP contribution in [0, 0.1) is 0 Å². The van der Waals surface area contributed by atoms with Crippen molar-refractivity contribution in [3.8, 4) is 0 Å². The van der Waals surface area contributed by atoms with Crippen molar-refractivity contribution >= 4 is 39.1 Å². The molecule has 2 aliphatic heterocycles. The highest BCUT2D eigenvalue weighted by Crippen LogP contribution is 2.43. The molecule has 0 aromatic heterocycles. The van der Waals surface area contributed by atoms with Gasteiger partial charge in [0, 0.05) is 21.1 Å². The summed E-state index contributed by atoms with van der Waals surface area (Å²) in [6.07, 6.45) is 3.53. The smallest absolute Gasteiger partial charge is 0.242 e. The van der Waals surface area contributed by atoms with Crippen LogP contribution in [0.2, 0.25) is 5.02 Å². The maximum Gasteiger partial charge on any atom is 0.242 e. The van der Waals surface area contributed by atoms with Crippen LogP contribution in [-0.2, 0) is 4.79 Å². The molecule has 4 rings (SSSR count). The molecule has 0 aliphatic carbocycles. The summed E-state index contributed by atoms with van der Waals surface area (Å²) >= 11 is 10.1. The number of fused-ring (bicyclic) bond motifs is 1. The van der Waals surface area contributed by atoms with E-state index in [2.05, 4.69) is 32.2 Å². The highest BCUT2D eigenvalue weighted by Gasteiger charge is 2.41. The van der Waals surface area contributed by atoms with Gasteiger partial charge in [-0.2, -0.15) is 0 Å². The van der Waals surface area contributed by atoms with Gasteiger partial charge in [0.2, 0.25) is 5.91 Å². The van der Waals surface area contributed by atoms with Gasteiger partial charge in [0.1, 0.15) is 6.04 Å². The van der Waals surface area contributed by atoms with Crippen LogP contribution in [0.3, 0.4) is 0 Å². The maximum atomic E-state index is 13.0. The molecular weight excluding hydrogens is 400 g/mol. The molecule has 25 heavy (non-hydrogen) atoms. The monoisotopic (exact) mass is 418 g/mol. The van der Waals surface area contributed by atoms with E-state index >= 15 is 0 Å². The molecule has 1 N–H and O–H groups in total. The van der Waals surface area contributed by atoms with E-state index in [9.17, 15) is 4.79 Å². The zero-order valence-electron chi connectivity index (χ0n) is 13.8. The predicted molar refractivity (Wildman–Crippen MR) is 105 cm³/mol. The second-order valence-electron chi connectivity index (χ2n) is 6.76. The molecule has 0 saturated carbocycles. The number of carbonyl (C=O) groups excluding carboxylic acids is 1. The van der Waals surface area contributed by atoms with Gasteiger partial charge >= 0.3 is 0 Å². The highest BCUT2D eigenvalue weighted by atomic mass is 79.9. The number of hydrogen-bond donors (Lipinski definition) is 1. The highest BCUT2D eigenvalue weighted by molar-refractivity contribution is 9.10. The average Bonchev–Trinajstić information content (AvgIpc) is 2.62. The molecule has 2 aromatic rings. The van der Waals surface area contributed by atoms with Crippen molar-refractivity contribution < 1.29 is 4.79 Å². The minimum Gasteiger partial charge on any atom is -0.324 e. The fourth-order valence-corrected chi connectivity index (χ4v) is 4.70. The number of likely N-dealkylation sites (tertiary alicyclic amines) is 1. The van der Waals surface area contributed by atoms with E-state index in [4.69, 9.17) is 11.6 Å². The summed E-state index contributed by atoms with van der Waals surface area (Å²) in [5.74, 6) is 0.00897. The first-order valence-electron chi connectivity index (χ1n) is 8.74. The normalized spacial score (nSPS) is 23.8. The summed E-state index contributed by atoms with van der Waals surface area (Å²) in [5, 5.41) is 3.83. The lowest BCUT2D eigenvalue weighted by molar-refractivity contribution is -0.122. The molecule has 130 valence electrons. The van der Waals surface area contributed by atoms with Crippen molar-refractivity contribution in [3.05, 3.63) is 63.1 Å². The van der Waals surface area contributed by atoms with Crippen LogP contribution in [0.4, 0.5) is 5.69 Å². The molecule has 2 aliphatic rings. The molecule has 0 radical (unpaired) electrons. The summed E-state index contributed by atoms with van der Waals surface area (Å²) in [6.45, 7) is 1.92. The standard InChI is InChI=1S/C20H20BrClN2O/c21-13-8-9-17-15(12-13)18(14-6-2-3-7-16(14)22)19(20(25)23-17)24-10-4-1-5-11-24/h2-3,6-9,12,18-19H,1,4-5,10-11H2,(H,23,25)/t18-,19-/m0/s1. The third-order valence-corrected chi connectivity index (χ3v) is 6.05. The lowest BCUT2D eigenvalue weighted by atomic mass is 9.80. The lowest BCUT2D eigenvalue weighted by Gasteiger charge is -2.42. The van der Waals surface area contributed by atoms with Crippen LogP contribution in [0.25, 0.3) is 0 Å². The van der Waals surface area contributed by atoms with Crippen molar-refractivity contribution in [1.82, 2.24) is 4.90 Å². The Morgan fingerprint density at radius 1 is 1.04 bits per heavy atom. The Morgan fingerprint density at radius 3 is 2.56 bits per heavy atom. The molecule has 0 unspecified atom stereocenters. The Morgan fingerprint density at radius 2 is 1.80 bits per heavy atom. The van der Waals surface area contributed by atoms with Crippen LogP contribution in [0.15, 0.2) is 46.9 Å². The number of rotatable bonds is 2. The molecule has 2 atom stereocenters. The molecule has 2 aromatic carbocycles. The Balaban J connectivity index is 1.87. The largest absolute Gasteiger partial charge is 0.324 e. The topological polar surface area (TPSA) is 32.3 Å². The lowest BCUT2D eigenvalue weighted by Crippen LogP contribution is -2.52. The first kappa shape index (κ1) is 17.1. The van der Waals surface area contributed by atoms with Crippen LogP contribution >= 0.6 is 27.5 Å². The summed E-state index contributed by atoms with van der Waals surface area (Å²) in [7, 11) is 0. The van der Waals surface area contributed by atoms with E-state index in [-0.39, 0.29) is 17.9 Å². The molecule has 1 saturated heterocycles. The molecule has 2 heterocycles. The average molecular weight is 420 g/mol. The van der Waals surface area contributed by atoms with Crippen molar-refractivity contribution in [2.45, 2.75) is 31.2 Å². The predicted octanol–water partition coefficient (Wildman–Crippen LogP) is 5.04. The third-order valence-electron chi connectivity index (χ3n) is 5.22. The van der Waals surface area contributed by atoms with Crippen LogP contribution in [-0.4, -0.2) is 29.9 Å². The summed E-state index contributed by atoms with van der Waals surface area (Å²) in [6, 6.07) is 13.7. The van der Waals surface area contributed by atoms with Gasteiger partial charge in [-0.05, 0) is 61.3 Å². The second-order valence-corrected chi connectivity index (χ2v) is 8.08. The zero-order chi connectivity index (χ0) is 17.4. The number of piperidine rings is 1. The Labute approximate surface area is 161 Å². The van der Waals surface area contributed by atoms with Crippen molar-refractivity contribution in [2.75, 3.05) is 18.4 Å². The first-order valence-corrected chi connectivity index (χ1v) is 9.91. The molecule has 5 heteroatoms. The quantitative estimate of drug-likeness (QED) is 0.739. The number of benzene rings is 2. The second kappa shape index (κ2) is 7.10. The number of carbonyl (C=O) groups is 1. The van der Waals surface area contributed by atoms with E-state index in [1.54, 1.807) is 0 Å². The van der Waals surface area contributed by atoms with Crippen LogP contribution < -0.4 is 5.32 Å². The van der Waals surface area contributed by atoms with Crippen molar-refractivity contribution in [2.24, 2.45) is 0 Å². The number of anilines is 1.